The molecule has 7 heteroatoms. The number of ether oxygens (including phenoxy) is 1. The van der Waals surface area contributed by atoms with Crippen molar-refractivity contribution in [3.8, 4) is 0 Å². The van der Waals surface area contributed by atoms with Gasteiger partial charge >= 0.3 is 11.9 Å². The van der Waals surface area contributed by atoms with E-state index in [9.17, 15) is 9.59 Å². The molecule has 100 valence electrons. The molecule has 18 heavy (non-hydrogen) atoms. The number of aromatic nitrogens is 1. The van der Waals surface area contributed by atoms with E-state index >= 15 is 0 Å². The lowest BCUT2D eigenvalue weighted by atomic mass is 10.1. The molecule has 1 atom stereocenters. The zero-order chi connectivity index (χ0) is 13.4. The van der Waals surface area contributed by atoms with Crippen molar-refractivity contribution in [1.29, 1.82) is 0 Å². The highest BCUT2D eigenvalue weighted by Gasteiger charge is 2.22. The number of nitrogens with zero attached hydrogens (tertiary/aromatic N) is 1. The molecule has 0 aliphatic rings. The van der Waals surface area contributed by atoms with Crippen molar-refractivity contribution in [3.05, 3.63) is 29.2 Å². The SMILES string of the molecule is C=CCNC(=O)OC(CCCC)c1noc(=O)o1. The Labute approximate surface area is 104 Å². The molecule has 0 spiro atoms. The van der Waals surface area contributed by atoms with Gasteiger partial charge in [-0.3, -0.25) is 4.52 Å². The number of alkyl carbamates (subject to hydrolysis) is 1. The van der Waals surface area contributed by atoms with Crippen LogP contribution in [-0.2, 0) is 4.74 Å². The van der Waals surface area contributed by atoms with Crippen molar-refractivity contribution in [2.75, 3.05) is 6.54 Å². The third-order valence-electron chi connectivity index (χ3n) is 2.13. The van der Waals surface area contributed by atoms with Gasteiger partial charge in [-0.1, -0.05) is 19.4 Å². The van der Waals surface area contributed by atoms with Crippen molar-refractivity contribution in [1.82, 2.24) is 10.5 Å². The third kappa shape index (κ3) is 4.44. The van der Waals surface area contributed by atoms with Gasteiger partial charge in [0.1, 0.15) is 0 Å². The molecule has 0 aliphatic heterocycles. The van der Waals surface area contributed by atoms with Gasteiger partial charge in [0.2, 0.25) is 0 Å². The minimum Gasteiger partial charge on any atom is -0.436 e. The van der Waals surface area contributed by atoms with Crippen LogP contribution in [0.15, 0.2) is 26.4 Å². The van der Waals surface area contributed by atoms with Crippen LogP contribution < -0.4 is 11.1 Å². The molecule has 1 amide bonds. The summed E-state index contributed by atoms with van der Waals surface area (Å²) in [6.07, 6.45) is 2.40. The summed E-state index contributed by atoms with van der Waals surface area (Å²) < 4.78 is 14.1. The van der Waals surface area contributed by atoms with E-state index in [-0.39, 0.29) is 5.89 Å². The largest absolute Gasteiger partial charge is 0.542 e. The van der Waals surface area contributed by atoms with Crippen molar-refractivity contribution >= 4 is 6.09 Å². The van der Waals surface area contributed by atoms with Crippen LogP contribution in [-0.4, -0.2) is 17.8 Å². The van der Waals surface area contributed by atoms with Crippen LogP contribution in [0.1, 0.15) is 38.2 Å². The summed E-state index contributed by atoms with van der Waals surface area (Å²) in [7, 11) is 0. The summed E-state index contributed by atoms with van der Waals surface area (Å²) in [6, 6.07) is 0. The lowest BCUT2D eigenvalue weighted by Gasteiger charge is -2.13. The molecule has 0 bridgehead atoms. The maximum atomic E-state index is 11.4. The molecule has 1 N–H and O–H groups in total. The fourth-order valence-electron chi connectivity index (χ4n) is 1.28. The summed E-state index contributed by atoms with van der Waals surface area (Å²) >= 11 is 0. The zero-order valence-corrected chi connectivity index (χ0v) is 10.2. The quantitative estimate of drug-likeness (QED) is 0.747. The number of carbonyl (C=O) groups excluding carboxylic acids is 1. The minimum absolute atomic E-state index is 0.0257. The number of unbranched alkanes of at least 4 members (excludes halogenated alkanes) is 1. The van der Waals surface area contributed by atoms with E-state index < -0.39 is 18.0 Å². The Morgan fingerprint density at radius 3 is 3.00 bits per heavy atom. The van der Waals surface area contributed by atoms with Crippen LogP contribution in [0, 0.1) is 0 Å². The molecule has 0 aliphatic carbocycles. The molecule has 0 fully saturated rings. The molecule has 1 aromatic rings. The Hall–Kier alpha value is -2.05. The lowest BCUT2D eigenvalue weighted by Crippen LogP contribution is -2.26. The number of carbonyl (C=O) groups is 1. The first kappa shape index (κ1) is 14.0. The number of rotatable bonds is 7. The van der Waals surface area contributed by atoms with Gasteiger partial charge in [0.05, 0.1) is 0 Å². The number of hydrogen-bond acceptors (Lipinski definition) is 6. The highest BCUT2D eigenvalue weighted by Crippen LogP contribution is 2.21. The average molecular weight is 256 g/mol. The Morgan fingerprint density at radius 2 is 2.44 bits per heavy atom. The van der Waals surface area contributed by atoms with Crippen LogP contribution >= 0.6 is 0 Å². The van der Waals surface area contributed by atoms with Crippen LogP contribution in [0.3, 0.4) is 0 Å². The molecule has 0 aromatic carbocycles. The third-order valence-corrected chi connectivity index (χ3v) is 2.13. The molecule has 1 aromatic heterocycles. The minimum atomic E-state index is -0.915. The topological polar surface area (TPSA) is 94.6 Å². The van der Waals surface area contributed by atoms with Gasteiger partial charge in [0, 0.05) is 6.54 Å². The molecular weight excluding hydrogens is 240 g/mol. The molecule has 0 radical (unpaired) electrons. The summed E-state index contributed by atoms with van der Waals surface area (Å²) in [4.78, 5) is 22.2. The predicted octanol–water partition coefficient (Wildman–Crippen LogP) is 1.77. The number of hydrogen-bond donors (Lipinski definition) is 1. The Bertz CT molecular complexity index is 437. The van der Waals surface area contributed by atoms with Gasteiger partial charge in [0.15, 0.2) is 6.10 Å². The van der Waals surface area contributed by atoms with E-state index in [1.54, 1.807) is 0 Å². The first-order valence-corrected chi connectivity index (χ1v) is 5.69. The van der Waals surface area contributed by atoms with E-state index in [2.05, 4.69) is 26.0 Å². The van der Waals surface area contributed by atoms with Gasteiger partial charge in [-0.2, -0.15) is 0 Å². The Morgan fingerprint density at radius 1 is 1.67 bits per heavy atom. The monoisotopic (exact) mass is 256 g/mol. The smallest absolute Gasteiger partial charge is 0.436 e. The van der Waals surface area contributed by atoms with Crippen LogP contribution in [0.25, 0.3) is 0 Å². The second-order valence-corrected chi connectivity index (χ2v) is 3.58. The molecular formula is C11H16N2O5. The Balaban J connectivity index is 2.63. The van der Waals surface area contributed by atoms with E-state index in [1.807, 2.05) is 6.92 Å². The number of amides is 1. The molecule has 1 heterocycles. The van der Waals surface area contributed by atoms with Gasteiger partial charge in [-0.15, -0.1) is 6.58 Å². The fourth-order valence-corrected chi connectivity index (χ4v) is 1.28. The number of nitrogens with one attached hydrogen (secondary N) is 1. The molecule has 0 saturated carbocycles. The normalized spacial score (nSPS) is 11.8. The van der Waals surface area contributed by atoms with Crippen LogP contribution in [0.4, 0.5) is 4.79 Å². The lowest BCUT2D eigenvalue weighted by molar-refractivity contribution is 0.0743. The maximum absolute atomic E-state index is 11.4. The van der Waals surface area contributed by atoms with Gasteiger partial charge in [-0.25, -0.2) is 9.59 Å². The van der Waals surface area contributed by atoms with Crippen molar-refractivity contribution in [2.24, 2.45) is 0 Å². The first-order chi connectivity index (χ1) is 8.67. The van der Waals surface area contributed by atoms with Gasteiger partial charge in [-0.05, 0) is 18.0 Å². The summed E-state index contributed by atoms with van der Waals surface area (Å²) in [5, 5.41) is 5.88. The fraction of sp³-hybridized carbons (Fsp3) is 0.545. The van der Waals surface area contributed by atoms with Crippen LogP contribution in [0.5, 0.6) is 0 Å². The van der Waals surface area contributed by atoms with E-state index in [0.717, 1.165) is 12.8 Å². The van der Waals surface area contributed by atoms with Crippen molar-refractivity contribution in [2.45, 2.75) is 32.3 Å². The summed E-state index contributed by atoms with van der Waals surface area (Å²) in [6.45, 7) is 5.75. The first-order valence-electron chi connectivity index (χ1n) is 5.69. The highest BCUT2D eigenvalue weighted by molar-refractivity contribution is 5.67. The second kappa shape index (κ2) is 7.31. The maximum Gasteiger partial charge on any atom is 0.542 e. The van der Waals surface area contributed by atoms with Crippen molar-refractivity contribution in [3.63, 3.8) is 0 Å². The van der Waals surface area contributed by atoms with E-state index in [4.69, 9.17) is 4.74 Å². The van der Waals surface area contributed by atoms with E-state index in [0.29, 0.717) is 13.0 Å². The highest BCUT2D eigenvalue weighted by atomic mass is 16.6. The van der Waals surface area contributed by atoms with E-state index in [1.165, 1.54) is 6.08 Å². The molecule has 1 rings (SSSR count). The zero-order valence-electron chi connectivity index (χ0n) is 10.2. The Kier molecular flexibility index (Phi) is 5.69. The predicted molar refractivity (Wildman–Crippen MR) is 62.0 cm³/mol. The molecule has 0 saturated heterocycles. The molecule has 1 unspecified atom stereocenters. The van der Waals surface area contributed by atoms with Crippen LogP contribution in [0.2, 0.25) is 0 Å². The average Bonchev–Trinajstić information content (AvgIpc) is 2.78. The van der Waals surface area contributed by atoms with Gasteiger partial charge in [0.25, 0.3) is 5.89 Å². The second-order valence-electron chi connectivity index (χ2n) is 3.58. The van der Waals surface area contributed by atoms with Crippen molar-refractivity contribution < 1.29 is 18.5 Å². The molecule has 7 nitrogen and oxygen atoms in total. The van der Waals surface area contributed by atoms with Gasteiger partial charge < -0.3 is 14.5 Å². The summed E-state index contributed by atoms with van der Waals surface area (Å²) in [5.74, 6) is -0.941. The summed E-state index contributed by atoms with van der Waals surface area (Å²) in [5.41, 5.74) is 0. The standard InChI is InChI=1S/C11H16N2O5/c1-3-5-6-8(9-13-18-11(15)17-9)16-10(14)12-7-4-2/h4,8H,2-3,5-7H2,1H3,(H,12,14).